The van der Waals surface area contributed by atoms with Gasteiger partial charge in [0, 0.05) is 0 Å². The number of fused-ring (bicyclic) bond motifs is 13. The molecule has 0 bridgehead atoms. The van der Waals surface area contributed by atoms with Gasteiger partial charge in [-0.3, -0.25) is 0 Å². The zero-order chi connectivity index (χ0) is 36.6. The maximum Gasteiger partial charge on any atom is 0.0725 e. The van der Waals surface area contributed by atoms with E-state index in [1.807, 2.05) is 0 Å². The second-order valence-corrected chi connectivity index (χ2v) is 15.5. The van der Waals surface area contributed by atoms with E-state index in [1.54, 1.807) is 0 Å². The van der Waals surface area contributed by atoms with Gasteiger partial charge >= 0.3 is 0 Å². The van der Waals surface area contributed by atoms with Gasteiger partial charge in [0.25, 0.3) is 0 Å². The van der Waals surface area contributed by atoms with E-state index in [0.717, 1.165) is 0 Å². The summed E-state index contributed by atoms with van der Waals surface area (Å²) >= 11 is 0. The second-order valence-electron chi connectivity index (χ2n) is 15.5. The molecule has 11 rings (SSSR count). The molecule has 0 fully saturated rings. The van der Waals surface area contributed by atoms with E-state index >= 15 is 0 Å². The summed E-state index contributed by atoms with van der Waals surface area (Å²) in [6, 6.07) is 67.8. The van der Waals surface area contributed by atoms with Gasteiger partial charge < -0.3 is 0 Å². The molecule has 0 aromatic heterocycles. The number of benzene rings is 8. The van der Waals surface area contributed by atoms with Crippen LogP contribution in [0.2, 0.25) is 0 Å². The summed E-state index contributed by atoms with van der Waals surface area (Å²) in [5.41, 5.74) is 24.0. The van der Waals surface area contributed by atoms with E-state index in [1.165, 1.54) is 100 Å². The van der Waals surface area contributed by atoms with E-state index in [4.69, 9.17) is 0 Å². The molecule has 0 heterocycles. The van der Waals surface area contributed by atoms with Gasteiger partial charge in [0.2, 0.25) is 0 Å². The van der Waals surface area contributed by atoms with Crippen molar-refractivity contribution in [1.29, 1.82) is 0 Å². The summed E-state index contributed by atoms with van der Waals surface area (Å²) in [6.45, 7) is 8.71. The highest BCUT2D eigenvalue weighted by Gasteiger charge is 2.51. The molecule has 0 aliphatic heterocycles. The van der Waals surface area contributed by atoms with Gasteiger partial charge in [0.1, 0.15) is 0 Å². The molecule has 0 unspecified atom stereocenters. The predicted molar refractivity (Wildman–Crippen MR) is 225 cm³/mol. The molecule has 0 heteroatoms. The molecular weight excluding hydrogens is 649 g/mol. The monoisotopic (exact) mass is 690 g/mol. The Labute approximate surface area is 319 Å². The average Bonchev–Trinajstić information content (AvgIpc) is 3.79. The van der Waals surface area contributed by atoms with E-state index in [0.29, 0.717) is 0 Å². The van der Waals surface area contributed by atoms with Gasteiger partial charge in [-0.2, -0.15) is 0 Å². The van der Waals surface area contributed by atoms with Crippen molar-refractivity contribution in [1.82, 2.24) is 0 Å². The molecular formula is C54H42. The quantitative estimate of drug-likeness (QED) is 0.169. The lowest BCUT2D eigenvalue weighted by molar-refractivity contribution is 0.767. The minimum Gasteiger partial charge on any atom is -0.0619 e. The number of hydrogen-bond acceptors (Lipinski definition) is 0. The van der Waals surface area contributed by atoms with Crippen molar-refractivity contribution in [3.63, 3.8) is 0 Å². The van der Waals surface area contributed by atoms with Crippen LogP contribution in [0.5, 0.6) is 0 Å². The van der Waals surface area contributed by atoms with Crippen LogP contribution in [0.1, 0.15) is 66.8 Å². The summed E-state index contributed by atoms with van der Waals surface area (Å²) in [6.07, 6.45) is 0. The van der Waals surface area contributed by atoms with Crippen LogP contribution in [-0.2, 0) is 10.8 Å². The molecule has 0 N–H and O–H groups in total. The minimum atomic E-state index is -0.269. The van der Waals surface area contributed by atoms with Crippen LogP contribution >= 0.6 is 0 Å². The van der Waals surface area contributed by atoms with E-state index in [9.17, 15) is 0 Å². The van der Waals surface area contributed by atoms with Crippen molar-refractivity contribution >= 4 is 0 Å². The van der Waals surface area contributed by atoms with E-state index < -0.39 is 0 Å². The molecule has 8 aromatic rings. The van der Waals surface area contributed by atoms with Crippen molar-refractivity contribution in [2.24, 2.45) is 0 Å². The highest BCUT2D eigenvalue weighted by atomic mass is 14.5. The summed E-state index contributed by atoms with van der Waals surface area (Å²) in [4.78, 5) is 0. The lowest BCUT2D eigenvalue weighted by atomic mass is 9.67. The zero-order valence-corrected chi connectivity index (χ0v) is 31.3. The highest BCUT2D eigenvalue weighted by molar-refractivity contribution is 5.95. The standard InChI is InChI=1S/C27H20.C27H22/c1-17-11-13-21-22-14-12-18(2)16-26(22)27(25(21)15-17)23-9-5-3-7-19(23)20-8-4-6-10-24(20)27;1-19-11-15-21(16-12-19)27(22-17-13-20(2)14-18-22)25-9-5-3-7-23(25)24-8-4-6-10-26(24)27/h3-16H,1-2H3;3-18H,1-2H3. The Hall–Kier alpha value is -6.24. The van der Waals surface area contributed by atoms with Crippen LogP contribution < -0.4 is 0 Å². The summed E-state index contributed by atoms with van der Waals surface area (Å²) in [5, 5.41) is 0. The smallest absolute Gasteiger partial charge is 0.0619 e. The molecule has 0 saturated heterocycles. The fourth-order valence-electron chi connectivity index (χ4n) is 10.00. The minimum absolute atomic E-state index is 0.199. The van der Waals surface area contributed by atoms with Gasteiger partial charge in [-0.15, -0.1) is 0 Å². The first-order valence-electron chi connectivity index (χ1n) is 19.2. The normalized spacial score (nSPS) is 14.2. The Morgan fingerprint density at radius 3 is 0.870 bits per heavy atom. The topological polar surface area (TPSA) is 0 Å². The van der Waals surface area contributed by atoms with Gasteiger partial charge in [-0.25, -0.2) is 0 Å². The molecule has 3 aliphatic carbocycles. The molecule has 0 amide bonds. The molecule has 1 spiro atoms. The van der Waals surface area contributed by atoms with E-state index in [2.05, 4.69) is 210 Å². The molecule has 8 aromatic carbocycles. The largest absolute Gasteiger partial charge is 0.0725 e. The van der Waals surface area contributed by atoms with Crippen LogP contribution in [0.4, 0.5) is 0 Å². The maximum atomic E-state index is 2.41. The molecule has 0 radical (unpaired) electrons. The predicted octanol–water partition coefficient (Wildman–Crippen LogP) is 13.3. The van der Waals surface area contributed by atoms with E-state index in [-0.39, 0.29) is 10.8 Å². The molecule has 54 heavy (non-hydrogen) atoms. The third-order valence-electron chi connectivity index (χ3n) is 12.3. The first kappa shape index (κ1) is 32.4. The third kappa shape index (κ3) is 4.44. The molecule has 0 atom stereocenters. The van der Waals surface area contributed by atoms with Crippen molar-refractivity contribution < 1.29 is 0 Å². The van der Waals surface area contributed by atoms with Gasteiger partial charge in [0.05, 0.1) is 10.8 Å². The van der Waals surface area contributed by atoms with Crippen LogP contribution in [0.25, 0.3) is 33.4 Å². The fraction of sp³-hybridized carbons (Fsp3) is 0.111. The van der Waals surface area contributed by atoms with Gasteiger partial charge in [0.15, 0.2) is 0 Å². The van der Waals surface area contributed by atoms with Crippen molar-refractivity contribution in [3.8, 4) is 33.4 Å². The molecule has 0 saturated carbocycles. The number of rotatable bonds is 2. The molecule has 0 nitrogen and oxygen atoms in total. The average molecular weight is 691 g/mol. The SMILES string of the molecule is Cc1ccc(C2(c3ccc(C)cc3)c3ccccc3-c3ccccc32)cc1.Cc1ccc2c(c1)C1(c3ccccc3-c3ccccc31)c1cc(C)ccc1-2. The lowest BCUT2D eigenvalue weighted by Gasteiger charge is -2.34. The Bertz CT molecular complexity index is 2550. The van der Waals surface area contributed by atoms with Gasteiger partial charge in [-0.05, 0) is 106 Å². The summed E-state index contributed by atoms with van der Waals surface area (Å²) < 4.78 is 0. The van der Waals surface area contributed by atoms with Crippen LogP contribution in [-0.4, -0.2) is 0 Å². The van der Waals surface area contributed by atoms with Crippen molar-refractivity contribution in [2.45, 2.75) is 38.5 Å². The molecule has 258 valence electrons. The fourth-order valence-corrected chi connectivity index (χ4v) is 10.00. The maximum absolute atomic E-state index is 2.41. The van der Waals surface area contributed by atoms with Crippen LogP contribution in [0.3, 0.4) is 0 Å². The summed E-state index contributed by atoms with van der Waals surface area (Å²) in [5.74, 6) is 0. The zero-order valence-electron chi connectivity index (χ0n) is 31.3. The third-order valence-corrected chi connectivity index (χ3v) is 12.3. The van der Waals surface area contributed by atoms with Crippen LogP contribution in [0.15, 0.2) is 182 Å². The van der Waals surface area contributed by atoms with Crippen molar-refractivity contribution in [3.05, 3.63) is 249 Å². The number of hydrogen-bond donors (Lipinski definition) is 0. The first-order valence-corrected chi connectivity index (χ1v) is 19.2. The summed E-state index contributed by atoms with van der Waals surface area (Å²) in [7, 11) is 0. The Morgan fingerprint density at radius 1 is 0.241 bits per heavy atom. The first-order chi connectivity index (χ1) is 26.4. The second kappa shape index (κ2) is 12.2. The van der Waals surface area contributed by atoms with Crippen molar-refractivity contribution in [2.75, 3.05) is 0 Å². The number of aryl methyl sites for hydroxylation is 4. The van der Waals surface area contributed by atoms with Crippen LogP contribution in [0, 0.1) is 27.7 Å². The van der Waals surface area contributed by atoms with Gasteiger partial charge in [-0.1, -0.05) is 204 Å². The Morgan fingerprint density at radius 2 is 0.519 bits per heavy atom. The Kier molecular flexibility index (Phi) is 7.29. The lowest BCUT2D eigenvalue weighted by Crippen LogP contribution is -2.28. The highest BCUT2D eigenvalue weighted by Crippen LogP contribution is 2.63. The molecule has 3 aliphatic rings. The Balaban J connectivity index is 0.000000134.